The van der Waals surface area contributed by atoms with Crippen molar-refractivity contribution in [2.45, 2.75) is 13.0 Å². The molecule has 1 aromatic rings. The lowest BCUT2D eigenvalue weighted by Crippen LogP contribution is -2.40. The average Bonchev–Trinajstić information content (AvgIpc) is 2.15. The van der Waals surface area contributed by atoms with Gasteiger partial charge in [0.05, 0.1) is 0 Å². The number of likely N-dealkylation sites (N-methyl/N-ethyl adjacent to an activating group) is 1. The second-order valence-corrected chi connectivity index (χ2v) is 3.28. The SMILES string of the molecule is CC(C(N)=O)N(C)c1cccc(N)c1. The Morgan fingerprint density at radius 3 is 2.64 bits per heavy atom. The molecule has 4 heteroatoms. The fourth-order valence-corrected chi connectivity index (χ4v) is 1.16. The van der Waals surface area contributed by atoms with E-state index in [0.29, 0.717) is 5.69 Å². The number of primary amides is 1. The number of nitrogen functional groups attached to an aromatic ring is 1. The van der Waals surface area contributed by atoms with E-state index in [9.17, 15) is 4.79 Å². The molecule has 1 aromatic carbocycles. The van der Waals surface area contributed by atoms with E-state index in [-0.39, 0.29) is 11.9 Å². The lowest BCUT2D eigenvalue weighted by Gasteiger charge is -2.24. The number of anilines is 2. The third kappa shape index (κ3) is 2.16. The van der Waals surface area contributed by atoms with Gasteiger partial charge in [-0.25, -0.2) is 0 Å². The van der Waals surface area contributed by atoms with Gasteiger partial charge in [0.15, 0.2) is 0 Å². The molecule has 4 N–H and O–H groups in total. The number of nitrogens with zero attached hydrogens (tertiary/aromatic N) is 1. The Labute approximate surface area is 83.5 Å². The van der Waals surface area contributed by atoms with Crippen molar-refractivity contribution in [2.75, 3.05) is 17.7 Å². The Bertz CT molecular complexity index is 338. The van der Waals surface area contributed by atoms with Crippen molar-refractivity contribution >= 4 is 17.3 Å². The monoisotopic (exact) mass is 193 g/mol. The second-order valence-electron chi connectivity index (χ2n) is 3.28. The van der Waals surface area contributed by atoms with Gasteiger partial charge in [-0.05, 0) is 25.1 Å². The number of benzene rings is 1. The molecule has 1 unspecified atom stereocenters. The van der Waals surface area contributed by atoms with Crippen molar-refractivity contribution in [1.29, 1.82) is 0 Å². The molecule has 4 nitrogen and oxygen atoms in total. The molecule has 0 aromatic heterocycles. The second kappa shape index (κ2) is 4.00. The summed E-state index contributed by atoms with van der Waals surface area (Å²) in [7, 11) is 1.81. The average molecular weight is 193 g/mol. The van der Waals surface area contributed by atoms with Crippen molar-refractivity contribution in [3.63, 3.8) is 0 Å². The highest BCUT2D eigenvalue weighted by molar-refractivity contribution is 5.83. The molecule has 0 saturated heterocycles. The molecule has 1 amide bonds. The van der Waals surface area contributed by atoms with Crippen LogP contribution in [0.5, 0.6) is 0 Å². The van der Waals surface area contributed by atoms with Crippen LogP contribution >= 0.6 is 0 Å². The summed E-state index contributed by atoms with van der Waals surface area (Å²) in [5, 5.41) is 0. The van der Waals surface area contributed by atoms with Gasteiger partial charge in [-0.15, -0.1) is 0 Å². The fraction of sp³-hybridized carbons (Fsp3) is 0.300. The van der Waals surface area contributed by atoms with Crippen LogP contribution in [0.15, 0.2) is 24.3 Å². The van der Waals surface area contributed by atoms with Crippen LogP contribution in [0, 0.1) is 0 Å². The molecule has 0 saturated carbocycles. The Kier molecular flexibility index (Phi) is 2.96. The van der Waals surface area contributed by atoms with Crippen molar-refractivity contribution < 1.29 is 4.79 Å². The first-order valence-corrected chi connectivity index (χ1v) is 4.40. The zero-order chi connectivity index (χ0) is 10.7. The number of rotatable bonds is 3. The van der Waals surface area contributed by atoms with Gasteiger partial charge in [-0.1, -0.05) is 6.07 Å². The van der Waals surface area contributed by atoms with E-state index in [4.69, 9.17) is 11.5 Å². The largest absolute Gasteiger partial charge is 0.399 e. The van der Waals surface area contributed by atoms with E-state index in [1.54, 1.807) is 24.0 Å². The van der Waals surface area contributed by atoms with Crippen LogP contribution in [0.3, 0.4) is 0 Å². The molecule has 14 heavy (non-hydrogen) atoms. The molecule has 0 spiro atoms. The van der Waals surface area contributed by atoms with Crippen LogP contribution < -0.4 is 16.4 Å². The van der Waals surface area contributed by atoms with Crippen LogP contribution in [0.1, 0.15) is 6.92 Å². The molecule has 1 rings (SSSR count). The van der Waals surface area contributed by atoms with Gasteiger partial charge >= 0.3 is 0 Å². The first-order chi connectivity index (χ1) is 6.52. The minimum absolute atomic E-state index is 0.336. The number of hydrogen-bond donors (Lipinski definition) is 2. The molecular formula is C10H15N3O. The van der Waals surface area contributed by atoms with Crippen LogP contribution in [0.2, 0.25) is 0 Å². The third-order valence-corrected chi connectivity index (χ3v) is 2.27. The lowest BCUT2D eigenvalue weighted by atomic mass is 10.2. The predicted octanol–water partition coefficient (Wildman–Crippen LogP) is 0.579. The summed E-state index contributed by atoms with van der Waals surface area (Å²) in [5.74, 6) is -0.352. The number of carbonyl (C=O) groups excluding carboxylic acids is 1. The molecule has 0 bridgehead atoms. The van der Waals surface area contributed by atoms with Crippen LogP contribution in [-0.4, -0.2) is 19.0 Å². The molecule has 0 aliphatic rings. The zero-order valence-corrected chi connectivity index (χ0v) is 8.40. The molecule has 1 atom stereocenters. The van der Waals surface area contributed by atoms with Gasteiger partial charge in [0.1, 0.15) is 6.04 Å². The molecule has 0 aliphatic heterocycles. The summed E-state index contributed by atoms with van der Waals surface area (Å²) in [6.45, 7) is 1.76. The summed E-state index contributed by atoms with van der Waals surface area (Å²) >= 11 is 0. The maximum atomic E-state index is 10.9. The molecule has 0 heterocycles. The van der Waals surface area contributed by atoms with E-state index in [1.165, 1.54) is 0 Å². The smallest absolute Gasteiger partial charge is 0.239 e. The summed E-state index contributed by atoms with van der Waals surface area (Å²) in [6, 6.07) is 6.99. The van der Waals surface area contributed by atoms with Crippen LogP contribution in [-0.2, 0) is 4.79 Å². The summed E-state index contributed by atoms with van der Waals surface area (Å²) in [6.07, 6.45) is 0. The van der Waals surface area contributed by atoms with Gasteiger partial charge in [0.2, 0.25) is 5.91 Å². The van der Waals surface area contributed by atoms with Gasteiger partial charge in [-0.2, -0.15) is 0 Å². The van der Waals surface area contributed by atoms with Gasteiger partial charge in [0.25, 0.3) is 0 Å². The van der Waals surface area contributed by atoms with Crippen molar-refractivity contribution in [2.24, 2.45) is 5.73 Å². The molecule has 0 fully saturated rings. The Morgan fingerprint density at radius 1 is 1.50 bits per heavy atom. The van der Waals surface area contributed by atoms with Gasteiger partial charge < -0.3 is 16.4 Å². The predicted molar refractivity (Wildman–Crippen MR) is 57.9 cm³/mol. The Balaban J connectivity index is 2.89. The molecule has 0 radical (unpaired) electrons. The quantitative estimate of drug-likeness (QED) is 0.690. The first kappa shape index (κ1) is 10.4. The highest BCUT2D eigenvalue weighted by Crippen LogP contribution is 2.17. The standard InChI is InChI=1S/C10H15N3O/c1-7(10(12)14)13(2)9-5-3-4-8(11)6-9/h3-7H,11H2,1-2H3,(H2,12,14). The van der Waals surface area contributed by atoms with Crippen LogP contribution in [0.4, 0.5) is 11.4 Å². The first-order valence-electron chi connectivity index (χ1n) is 4.40. The van der Waals surface area contributed by atoms with E-state index >= 15 is 0 Å². The summed E-state index contributed by atoms with van der Waals surface area (Å²) in [4.78, 5) is 12.7. The third-order valence-electron chi connectivity index (χ3n) is 2.27. The minimum atomic E-state index is -0.352. The zero-order valence-electron chi connectivity index (χ0n) is 8.40. The molecule has 76 valence electrons. The highest BCUT2D eigenvalue weighted by Gasteiger charge is 2.14. The highest BCUT2D eigenvalue weighted by atomic mass is 16.1. The Hall–Kier alpha value is -1.71. The number of nitrogens with two attached hydrogens (primary N) is 2. The van der Waals surface area contributed by atoms with Crippen molar-refractivity contribution in [3.05, 3.63) is 24.3 Å². The van der Waals surface area contributed by atoms with Gasteiger partial charge in [0, 0.05) is 18.4 Å². The van der Waals surface area contributed by atoms with Gasteiger partial charge in [-0.3, -0.25) is 4.79 Å². The minimum Gasteiger partial charge on any atom is -0.399 e. The maximum Gasteiger partial charge on any atom is 0.239 e. The Morgan fingerprint density at radius 2 is 2.14 bits per heavy atom. The van der Waals surface area contributed by atoms with Crippen molar-refractivity contribution in [3.8, 4) is 0 Å². The molecule has 0 aliphatic carbocycles. The summed E-state index contributed by atoms with van der Waals surface area (Å²) < 4.78 is 0. The molecular weight excluding hydrogens is 178 g/mol. The van der Waals surface area contributed by atoms with E-state index < -0.39 is 0 Å². The fourth-order valence-electron chi connectivity index (χ4n) is 1.16. The van der Waals surface area contributed by atoms with E-state index in [0.717, 1.165) is 5.69 Å². The normalized spacial score (nSPS) is 12.1. The topological polar surface area (TPSA) is 72.4 Å². The van der Waals surface area contributed by atoms with Crippen molar-refractivity contribution in [1.82, 2.24) is 0 Å². The number of hydrogen-bond acceptors (Lipinski definition) is 3. The summed E-state index contributed by atoms with van der Waals surface area (Å²) in [5.41, 5.74) is 12.4. The lowest BCUT2D eigenvalue weighted by molar-refractivity contribution is -0.118. The van der Waals surface area contributed by atoms with E-state index in [2.05, 4.69) is 0 Å². The number of carbonyl (C=O) groups is 1. The maximum absolute atomic E-state index is 10.9. The van der Waals surface area contributed by atoms with Crippen LogP contribution in [0.25, 0.3) is 0 Å². The van der Waals surface area contributed by atoms with E-state index in [1.807, 2.05) is 19.2 Å². The number of amides is 1.